The second kappa shape index (κ2) is 6.68. The molecule has 3 aromatic rings. The van der Waals surface area contributed by atoms with E-state index in [1.807, 2.05) is 41.2 Å². The summed E-state index contributed by atoms with van der Waals surface area (Å²) in [6.45, 7) is 0. The lowest BCUT2D eigenvalue weighted by Crippen LogP contribution is -2.14. The number of carbonyl (C=O) groups excluding carboxylic acids is 1. The number of methoxy groups -OCH3 is 1. The Morgan fingerprint density at radius 1 is 1.17 bits per heavy atom. The molecule has 0 saturated carbocycles. The van der Waals surface area contributed by atoms with Crippen molar-refractivity contribution < 1.29 is 14.6 Å². The summed E-state index contributed by atoms with van der Waals surface area (Å²) in [5.41, 5.74) is 1.43. The Hall–Kier alpha value is -2.92. The van der Waals surface area contributed by atoms with Crippen LogP contribution < -0.4 is 10.1 Å². The van der Waals surface area contributed by atoms with E-state index < -0.39 is 5.91 Å². The molecule has 0 bridgehead atoms. The SMILES string of the molecule is COc1ccc(-n2cccc2)c(NC(=O)c2cc(Cl)ccc2O)c1. The number of anilines is 1. The molecule has 1 aromatic heterocycles. The lowest BCUT2D eigenvalue weighted by atomic mass is 10.1. The summed E-state index contributed by atoms with van der Waals surface area (Å²) >= 11 is 5.91. The van der Waals surface area contributed by atoms with Gasteiger partial charge in [-0.05, 0) is 42.5 Å². The number of rotatable bonds is 4. The van der Waals surface area contributed by atoms with Gasteiger partial charge in [-0.3, -0.25) is 4.79 Å². The van der Waals surface area contributed by atoms with Crippen molar-refractivity contribution in [3.8, 4) is 17.2 Å². The van der Waals surface area contributed by atoms with E-state index in [-0.39, 0.29) is 11.3 Å². The van der Waals surface area contributed by atoms with Crippen LogP contribution in [0.4, 0.5) is 5.69 Å². The van der Waals surface area contributed by atoms with E-state index in [4.69, 9.17) is 16.3 Å². The van der Waals surface area contributed by atoms with Gasteiger partial charge in [0.1, 0.15) is 11.5 Å². The van der Waals surface area contributed by atoms with Gasteiger partial charge >= 0.3 is 0 Å². The van der Waals surface area contributed by atoms with Crippen molar-refractivity contribution in [2.45, 2.75) is 0 Å². The Bertz CT molecular complexity index is 876. The second-order valence-corrected chi connectivity index (χ2v) is 5.53. The van der Waals surface area contributed by atoms with Crippen LogP contribution in [0.15, 0.2) is 60.9 Å². The predicted octanol–water partition coefficient (Wildman–Crippen LogP) is 4.10. The van der Waals surface area contributed by atoms with Crippen molar-refractivity contribution in [1.29, 1.82) is 0 Å². The first-order valence-electron chi connectivity index (χ1n) is 7.20. The number of phenols is 1. The monoisotopic (exact) mass is 342 g/mol. The van der Waals surface area contributed by atoms with Crippen LogP contribution in [0.1, 0.15) is 10.4 Å². The summed E-state index contributed by atoms with van der Waals surface area (Å²) < 4.78 is 7.09. The molecule has 0 aliphatic rings. The standard InChI is InChI=1S/C18H15ClN2O3/c1-24-13-5-6-16(21-8-2-3-9-21)15(11-13)20-18(23)14-10-12(19)4-7-17(14)22/h2-11,22H,1H3,(H,20,23). The zero-order chi connectivity index (χ0) is 17.1. The number of aromatic nitrogens is 1. The van der Waals surface area contributed by atoms with E-state index in [1.165, 1.54) is 18.2 Å². The highest BCUT2D eigenvalue weighted by atomic mass is 35.5. The molecule has 1 heterocycles. The van der Waals surface area contributed by atoms with Crippen LogP contribution in [-0.2, 0) is 0 Å². The summed E-state index contributed by atoms with van der Waals surface area (Å²) in [5, 5.41) is 13.1. The molecule has 0 fully saturated rings. The lowest BCUT2D eigenvalue weighted by Gasteiger charge is -2.14. The van der Waals surface area contributed by atoms with Gasteiger partial charge in [-0.2, -0.15) is 0 Å². The maximum absolute atomic E-state index is 12.5. The molecule has 2 N–H and O–H groups in total. The van der Waals surface area contributed by atoms with Gasteiger partial charge in [0, 0.05) is 23.5 Å². The molecule has 0 atom stereocenters. The summed E-state index contributed by atoms with van der Waals surface area (Å²) in [5.74, 6) is 0.00971. The van der Waals surface area contributed by atoms with E-state index >= 15 is 0 Å². The molecule has 0 aliphatic heterocycles. The third-order valence-electron chi connectivity index (χ3n) is 3.54. The van der Waals surface area contributed by atoms with E-state index in [9.17, 15) is 9.90 Å². The van der Waals surface area contributed by atoms with Crippen LogP contribution in [0.2, 0.25) is 5.02 Å². The number of nitrogens with zero attached hydrogens (tertiary/aromatic N) is 1. The first-order chi connectivity index (χ1) is 11.6. The molecule has 24 heavy (non-hydrogen) atoms. The predicted molar refractivity (Wildman–Crippen MR) is 93.4 cm³/mol. The smallest absolute Gasteiger partial charge is 0.259 e. The minimum absolute atomic E-state index is 0.101. The number of nitrogens with one attached hydrogen (secondary N) is 1. The number of halogens is 1. The maximum atomic E-state index is 12.5. The number of carbonyl (C=O) groups is 1. The fourth-order valence-corrected chi connectivity index (χ4v) is 2.51. The Morgan fingerprint density at radius 3 is 2.62 bits per heavy atom. The van der Waals surface area contributed by atoms with Gasteiger partial charge < -0.3 is 19.7 Å². The second-order valence-electron chi connectivity index (χ2n) is 5.09. The number of hydrogen-bond donors (Lipinski definition) is 2. The van der Waals surface area contributed by atoms with Crippen LogP contribution >= 0.6 is 11.6 Å². The van der Waals surface area contributed by atoms with Gasteiger partial charge in [0.25, 0.3) is 5.91 Å². The van der Waals surface area contributed by atoms with Crippen LogP contribution in [0, 0.1) is 0 Å². The van der Waals surface area contributed by atoms with E-state index in [1.54, 1.807) is 13.2 Å². The molecule has 0 aliphatic carbocycles. The molecule has 0 spiro atoms. The Morgan fingerprint density at radius 2 is 1.92 bits per heavy atom. The first kappa shape index (κ1) is 16.0. The quantitative estimate of drug-likeness (QED) is 0.750. The molecule has 122 valence electrons. The molecular formula is C18H15ClN2O3. The highest BCUT2D eigenvalue weighted by Gasteiger charge is 2.15. The third-order valence-corrected chi connectivity index (χ3v) is 3.77. The Labute approximate surface area is 144 Å². The summed E-state index contributed by atoms with van der Waals surface area (Å²) in [6, 6.07) is 13.5. The van der Waals surface area contributed by atoms with Gasteiger partial charge in [-0.1, -0.05) is 11.6 Å². The number of ether oxygens (including phenoxy) is 1. The van der Waals surface area contributed by atoms with Crippen LogP contribution in [-0.4, -0.2) is 22.7 Å². The number of amides is 1. The van der Waals surface area contributed by atoms with Gasteiger partial charge in [-0.15, -0.1) is 0 Å². The molecular weight excluding hydrogens is 328 g/mol. The van der Waals surface area contributed by atoms with Gasteiger partial charge in [0.05, 0.1) is 24.0 Å². The topological polar surface area (TPSA) is 63.5 Å². The zero-order valence-electron chi connectivity index (χ0n) is 12.9. The molecule has 0 saturated heterocycles. The van der Waals surface area contributed by atoms with Crippen LogP contribution in [0.25, 0.3) is 5.69 Å². The third kappa shape index (κ3) is 3.21. The number of phenolic OH excluding ortho intramolecular Hbond substituents is 1. The largest absolute Gasteiger partial charge is 0.507 e. The molecule has 3 rings (SSSR count). The van der Waals surface area contributed by atoms with Crippen LogP contribution in [0.5, 0.6) is 11.5 Å². The maximum Gasteiger partial charge on any atom is 0.259 e. The fourth-order valence-electron chi connectivity index (χ4n) is 2.34. The molecule has 5 nitrogen and oxygen atoms in total. The van der Waals surface area contributed by atoms with E-state index in [0.717, 1.165) is 5.69 Å². The first-order valence-corrected chi connectivity index (χ1v) is 7.57. The number of benzene rings is 2. The Balaban J connectivity index is 1.99. The fraction of sp³-hybridized carbons (Fsp3) is 0.0556. The molecule has 6 heteroatoms. The molecule has 0 unspecified atom stereocenters. The average Bonchev–Trinajstić information content (AvgIpc) is 3.11. The normalized spacial score (nSPS) is 10.4. The van der Waals surface area contributed by atoms with Gasteiger partial charge in [0.15, 0.2) is 0 Å². The van der Waals surface area contributed by atoms with Crippen molar-refractivity contribution in [2.24, 2.45) is 0 Å². The van der Waals surface area contributed by atoms with Crippen LogP contribution in [0.3, 0.4) is 0 Å². The highest BCUT2D eigenvalue weighted by Crippen LogP contribution is 2.28. The summed E-state index contributed by atoms with van der Waals surface area (Å²) in [6.07, 6.45) is 3.74. The van der Waals surface area contributed by atoms with Crippen molar-refractivity contribution >= 4 is 23.2 Å². The number of aromatic hydroxyl groups is 1. The molecule has 2 aromatic carbocycles. The molecule has 0 radical (unpaired) electrons. The minimum atomic E-state index is -0.461. The number of hydrogen-bond acceptors (Lipinski definition) is 3. The average molecular weight is 343 g/mol. The van der Waals surface area contributed by atoms with E-state index in [0.29, 0.717) is 16.5 Å². The summed E-state index contributed by atoms with van der Waals surface area (Å²) in [7, 11) is 1.55. The minimum Gasteiger partial charge on any atom is -0.507 e. The van der Waals surface area contributed by atoms with Gasteiger partial charge in [-0.25, -0.2) is 0 Å². The van der Waals surface area contributed by atoms with Crippen molar-refractivity contribution in [3.05, 3.63) is 71.5 Å². The van der Waals surface area contributed by atoms with Crippen molar-refractivity contribution in [3.63, 3.8) is 0 Å². The van der Waals surface area contributed by atoms with Crippen molar-refractivity contribution in [1.82, 2.24) is 4.57 Å². The molecule has 1 amide bonds. The zero-order valence-corrected chi connectivity index (χ0v) is 13.6. The summed E-state index contributed by atoms with van der Waals surface area (Å²) in [4.78, 5) is 12.5. The van der Waals surface area contributed by atoms with Gasteiger partial charge in [0.2, 0.25) is 0 Å². The van der Waals surface area contributed by atoms with E-state index in [2.05, 4.69) is 5.32 Å². The van der Waals surface area contributed by atoms with Crippen molar-refractivity contribution in [2.75, 3.05) is 12.4 Å². The lowest BCUT2D eigenvalue weighted by molar-refractivity contribution is 0.102. The highest BCUT2D eigenvalue weighted by molar-refractivity contribution is 6.31. The Kier molecular flexibility index (Phi) is 4.44.